The Hall–Kier alpha value is -2.12. The van der Waals surface area contributed by atoms with Crippen molar-refractivity contribution in [2.45, 2.75) is 39.8 Å². The second-order valence-corrected chi connectivity index (χ2v) is 5.38. The molecule has 0 atom stereocenters. The van der Waals surface area contributed by atoms with Gasteiger partial charge in [-0.3, -0.25) is 15.5 Å². The fourth-order valence-electron chi connectivity index (χ4n) is 1.66. The van der Waals surface area contributed by atoms with Gasteiger partial charge in [0.1, 0.15) is 5.69 Å². The third kappa shape index (κ3) is 5.34. The van der Waals surface area contributed by atoms with Crippen LogP contribution in [0.3, 0.4) is 0 Å². The Bertz CT molecular complexity index is 569. The van der Waals surface area contributed by atoms with Crippen LogP contribution >= 0.6 is 0 Å². The molecule has 0 unspecified atom stereocenters. The molecule has 0 saturated heterocycles. The van der Waals surface area contributed by atoms with Crippen molar-refractivity contribution in [2.75, 3.05) is 5.43 Å². The van der Waals surface area contributed by atoms with Crippen molar-refractivity contribution in [3.05, 3.63) is 33.9 Å². The average Bonchev–Trinajstić information content (AvgIpc) is 2.41. The van der Waals surface area contributed by atoms with Crippen molar-refractivity contribution in [3.8, 4) is 0 Å². The van der Waals surface area contributed by atoms with Crippen LogP contribution < -0.4 is 5.43 Å². The molecule has 0 aliphatic carbocycles. The van der Waals surface area contributed by atoms with Crippen molar-refractivity contribution in [1.29, 1.82) is 0 Å². The van der Waals surface area contributed by atoms with Crippen molar-refractivity contribution in [3.63, 3.8) is 0 Å². The van der Waals surface area contributed by atoms with E-state index in [-0.39, 0.29) is 5.69 Å². The number of nitro groups is 1. The molecule has 8 heteroatoms. The van der Waals surface area contributed by atoms with Crippen molar-refractivity contribution < 1.29 is 18.1 Å². The van der Waals surface area contributed by atoms with E-state index in [9.17, 15) is 23.3 Å². The summed E-state index contributed by atoms with van der Waals surface area (Å²) in [5.74, 6) is 0.491. The highest BCUT2D eigenvalue weighted by Crippen LogP contribution is 2.34. The fourth-order valence-corrected chi connectivity index (χ4v) is 1.66. The predicted molar refractivity (Wildman–Crippen MR) is 78.9 cm³/mol. The van der Waals surface area contributed by atoms with Crippen LogP contribution in [-0.2, 0) is 6.18 Å². The van der Waals surface area contributed by atoms with Crippen molar-refractivity contribution in [1.82, 2.24) is 0 Å². The maximum Gasteiger partial charge on any atom is 0.416 e. The summed E-state index contributed by atoms with van der Waals surface area (Å²) in [6.07, 6.45) is -3.01. The number of hydrogen-bond donors (Lipinski definition) is 1. The fraction of sp³-hybridized carbons (Fsp3) is 0.500. The van der Waals surface area contributed by atoms with Crippen LogP contribution in [0, 0.1) is 16.0 Å². The smallest absolute Gasteiger partial charge is 0.272 e. The van der Waals surface area contributed by atoms with Crippen molar-refractivity contribution in [2.24, 2.45) is 11.0 Å². The molecule has 5 nitrogen and oxygen atoms in total. The molecule has 0 aromatic heterocycles. The first-order valence-electron chi connectivity index (χ1n) is 6.76. The van der Waals surface area contributed by atoms with Crippen LogP contribution in [0.2, 0.25) is 0 Å². The Labute approximate surface area is 126 Å². The summed E-state index contributed by atoms with van der Waals surface area (Å²) >= 11 is 0. The van der Waals surface area contributed by atoms with Crippen LogP contribution in [-0.4, -0.2) is 10.6 Å². The normalized spacial score (nSPS) is 12.6. The molecule has 0 bridgehead atoms. The van der Waals surface area contributed by atoms with Gasteiger partial charge in [-0.15, -0.1) is 0 Å². The van der Waals surface area contributed by atoms with E-state index in [2.05, 4.69) is 24.4 Å². The zero-order valence-electron chi connectivity index (χ0n) is 12.6. The molecule has 0 amide bonds. The summed E-state index contributed by atoms with van der Waals surface area (Å²) in [7, 11) is 0. The van der Waals surface area contributed by atoms with Gasteiger partial charge in [-0.25, -0.2) is 0 Å². The lowest BCUT2D eigenvalue weighted by Gasteiger charge is -2.09. The minimum Gasteiger partial charge on any atom is -0.272 e. The van der Waals surface area contributed by atoms with Gasteiger partial charge in [-0.2, -0.15) is 18.3 Å². The third-order valence-electron chi connectivity index (χ3n) is 2.97. The number of nitrogens with one attached hydrogen (secondary N) is 1. The molecule has 0 saturated carbocycles. The highest BCUT2D eigenvalue weighted by molar-refractivity contribution is 5.83. The Morgan fingerprint density at radius 2 is 2.05 bits per heavy atom. The van der Waals surface area contributed by atoms with E-state index in [0.29, 0.717) is 18.4 Å². The van der Waals surface area contributed by atoms with Gasteiger partial charge in [0.15, 0.2) is 0 Å². The summed E-state index contributed by atoms with van der Waals surface area (Å²) in [5, 5.41) is 14.9. The van der Waals surface area contributed by atoms with E-state index >= 15 is 0 Å². The Kier molecular flexibility index (Phi) is 5.90. The van der Waals surface area contributed by atoms with Gasteiger partial charge < -0.3 is 0 Å². The number of rotatable bonds is 6. The number of halogens is 3. The second-order valence-electron chi connectivity index (χ2n) is 5.38. The third-order valence-corrected chi connectivity index (χ3v) is 2.97. The molecule has 1 aromatic carbocycles. The molecular formula is C14H18F3N3O2. The van der Waals surface area contributed by atoms with Crippen molar-refractivity contribution >= 4 is 17.1 Å². The van der Waals surface area contributed by atoms with Gasteiger partial charge in [0.2, 0.25) is 0 Å². The Morgan fingerprint density at radius 3 is 2.55 bits per heavy atom. The van der Waals surface area contributed by atoms with E-state index in [1.807, 2.05) is 0 Å². The summed E-state index contributed by atoms with van der Waals surface area (Å²) in [6, 6.07) is 2.30. The first-order valence-corrected chi connectivity index (χ1v) is 6.76. The lowest BCUT2D eigenvalue weighted by Crippen LogP contribution is -2.07. The first-order chi connectivity index (χ1) is 10.1. The molecule has 22 heavy (non-hydrogen) atoms. The van der Waals surface area contributed by atoms with E-state index in [4.69, 9.17) is 0 Å². The molecule has 0 aliphatic heterocycles. The second kappa shape index (κ2) is 7.24. The number of nitrogens with zero attached hydrogens (tertiary/aromatic N) is 2. The monoisotopic (exact) mass is 317 g/mol. The van der Waals surface area contributed by atoms with E-state index in [0.717, 1.165) is 24.3 Å². The summed E-state index contributed by atoms with van der Waals surface area (Å²) in [4.78, 5) is 10.0. The number of benzene rings is 1. The van der Waals surface area contributed by atoms with Gasteiger partial charge >= 0.3 is 6.18 Å². The Morgan fingerprint density at radius 1 is 1.41 bits per heavy atom. The maximum absolute atomic E-state index is 12.6. The zero-order valence-corrected chi connectivity index (χ0v) is 12.6. The lowest BCUT2D eigenvalue weighted by molar-refractivity contribution is -0.384. The van der Waals surface area contributed by atoms with Gasteiger partial charge in [-0.1, -0.05) is 13.8 Å². The molecule has 0 spiro atoms. The van der Waals surface area contributed by atoms with Gasteiger partial charge in [-0.05, 0) is 37.8 Å². The van der Waals surface area contributed by atoms with Crippen LogP contribution in [0.4, 0.5) is 24.5 Å². The number of hydrazone groups is 1. The largest absolute Gasteiger partial charge is 0.416 e. The maximum atomic E-state index is 12.6. The standard InChI is InChI=1S/C14H18F3N3O2/c1-9(2)4-5-10(3)18-19-12-7-6-11(14(15,16)17)8-13(12)20(21)22/h6-9,19H,4-5H2,1-3H3. The minimum absolute atomic E-state index is 0.0677. The SMILES string of the molecule is CC(CCC(C)C)=NNc1ccc(C(F)(F)F)cc1[N+](=O)[O-]. The molecule has 1 aromatic rings. The molecule has 1 N–H and O–H groups in total. The molecule has 122 valence electrons. The average molecular weight is 317 g/mol. The summed E-state index contributed by atoms with van der Waals surface area (Å²) in [5.41, 5.74) is 1.41. The van der Waals surface area contributed by atoms with Crippen LogP contribution in [0.25, 0.3) is 0 Å². The quantitative estimate of drug-likeness (QED) is 0.464. The van der Waals surface area contributed by atoms with Gasteiger partial charge in [0, 0.05) is 11.8 Å². The van der Waals surface area contributed by atoms with Gasteiger partial charge in [0.25, 0.3) is 5.69 Å². The topological polar surface area (TPSA) is 67.5 Å². The molecule has 0 fully saturated rings. The van der Waals surface area contributed by atoms with Crippen LogP contribution in [0.1, 0.15) is 39.2 Å². The van der Waals surface area contributed by atoms with Crippen LogP contribution in [0.15, 0.2) is 23.3 Å². The summed E-state index contributed by atoms with van der Waals surface area (Å²) in [6.45, 7) is 5.87. The predicted octanol–water partition coefficient (Wildman–Crippen LogP) is 4.84. The Balaban J connectivity index is 2.95. The number of alkyl halides is 3. The summed E-state index contributed by atoms with van der Waals surface area (Å²) < 4.78 is 37.7. The first kappa shape index (κ1) is 17.9. The lowest BCUT2D eigenvalue weighted by atomic mass is 10.1. The molecule has 0 radical (unpaired) electrons. The number of hydrogen-bond acceptors (Lipinski definition) is 4. The minimum atomic E-state index is -4.63. The molecule has 1 rings (SSSR count). The molecule has 0 heterocycles. The van der Waals surface area contributed by atoms with Gasteiger partial charge in [0.05, 0.1) is 10.5 Å². The van der Waals surface area contributed by atoms with E-state index < -0.39 is 22.4 Å². The van der Waals surface area contributed by atoms with E-state index in [1.165, 1.54) is 0 Å². The number of nitro benzene ring substituents is 1. The molecule has 0 aliphatic rings. The molecular weight excluding hydrogens is 299 g/mol. The highest BCUT2D eigenvalue weighted by Gasteiger charge is 2.33. The van der Waals surface area contributed by atoms with E-state index in [1.54, 1.807) is 6.92 Å². The van der Waals surface area contributed by atoms with Crippen LogP contribution in [0.5, 0.6) is 0 Å². The highest BCUT2D eigenvalue weighted by atomic mass is 19.4. The zero-order chi connectivity index (χ0) is 16.9. The number of anilines is 1.